The molecule has 1 amide bonds. The maximum atomic E-state index is 13.3. The maximum absolute atomic E-state index is 13.3. The van der Waals surface area contributed by atoms with Crippen LogP contribution in [0, 0.1) is 0 Å². The molecule has 1 aliphatic heterocycles. The second-order valence-electron chi connectivity index (χ2n) is 7.74. The number of hydrogen-bond donors (Lipinski definition) is 1. The van der Waals surface area contributed by atoms with E-state index in [1.54, 1.807) is 6.07 Å². The van der Waals surface area contributed by atoms with Crippen molar-refractivity contribution >= 4 is 27.4 Å². The first kappa shape index (κ1) is 22.0. The van der Waals surface area contributed by atoms with Gasteiger partial charge in [-0.1, -0.05) is 12.1 Å². The van der Waals surface area contributed by atoms with Crippen molar-refractivity contribution in [3.8, 4) is 11.5 Å². The SMILES string of the molecule is COc1cccc(C2CC(=O)N(c3ccc(S(N)(=O)=O)cc3)C3=C2C(=O)CCC3)c1OC. The van der Waals surface area contributed by atoms with E-state index in [2.05, 4.69) is 0 Å². The van der Waals surface area contributed by atoms with Gasteiger partial charge in [0.15, 0.2) is 17.3 Å². The van der Waals surface area contributed by atoms with Crippen molar-refractivity contribution in [3.63, 3.8) is 0 Å². The Morgan fingerprint density at radius 1 is 1.00 bits per heavy atom. The van der Waals surface area contributed by atoms with Crippen molar-refractivity contribution in [2.24, 2.45) is 5.14 Å². The number of Topliss-reactive ketones (excluding diaryl/α,β-unsaturated/α-hetero) is 1. The molecule has 1 unspecified atom stereocenters. The molecule has 0 bridgehead atoms. The standard InChI is InChI=1S/C23H24N2O6S/c1-30-20-8-3-5-16(23(20)31-2)17-13-21(27)25(18-6-4-7-19(26)22(17)18)14-9-11-15(12-10-14)32(24,28)29/h3,5,8-12,17H,4,6-7,13H2,1-2H3,(H2,24,28,29). The van der Waals surface area contributed by atoms with Crippen LogP contribution in [0.25, 0.3) is 0 Å². The van der Waals surface area contributed by atoms with Gasteiger partial charge in [0.1, 0.15) is 0 Å². The summed E-state index contributed by atoms with van der Waals surface area (Å²) in [6.07, 6.45) is 1.68. The third-order valence-corrected chi connectivity index (χ3v) is 6.84. The molecule has 0 aromatic heterocycles. The average Bonchev–Trinajstić information content (AvgIpc) is 2.77. The monoisotopic (exact) mass is 456 g/mol. The third kappa shape index (κ3) is 3.78. The molecule has 4 rings (SSSR count). The van der Waals surface area contributed by atoms with Crippen molar-refractivity contribution in [2.45, 2.75) is 36.5 Å². The number of primary sulfonamides is 1. The number of carbonyl (C=O) groups is 2. The molecular formula is C23H24N2O6S. The quantitative estimate of drug-likeness (QED) is 0.740. The molecule has 9 heteroatoms. The van der Waals surface area contributed by atoms with E-state index in [4.69, 9.17) is 14.6 Å². The van der Waals surface area contributed by atoms with Gasteiger partial charge in [0.05, 0.1) is 19.1 Å². The van der Waals surface area contributed by atoms with E-state index in [0.29, 0.717) is 47.7 Å². The van der Waals surface area contributed by atoms with E-state index in [0.717, 1.165) is 5.56 Å². The van der Waals surface area contributed by atoms with Crippen molar-refractivity contribution in [3.05, 3.63) is 59.3 Å². The summed E-state index contributed by atoms with van der Waals surface area (Å²) in [4.78, 5) is 27.9. The van der Waals surface area contributed by atoms with Crippen LogP contribution in [-0.2, 0) is 19.6 Å². The molecule has 1 heterocycles. The molecule has 0 radical (unpaired) electrons. The maximum Gasteiger partial charge on any atom is 0.238 e. The van der Waals surface area contributed by atoms with Gasteiger partial charge < -0.3 is 9.47 Å². The number of hydrogen-bond acceptors (Lipinski definition) is 6. The van der Waals surface area contributed by atoms with Crippen LogP contribution in [0.2, 0.25) is 0 Å². The van der Waals surface area contributed by atoms with Gasteiger partial charge in [-0.15, -0.1) is 0 Å². The minimum absolute atomic E-state index is 0.000205. The molecule has 0 fully saturated rings. The van der Waals surface area contributed by atoms with Crippen molar-refractivity contribution in [1.82, 2.24) is 0 Å². The van der Waals surface area contributed by atoms with Gasteiger partial charge >= 0.3 is 0 Å². The molecule has 8 nitrogen and oxygen atoms in total. The molecule has 0 spiro atoms. The molecule has 168 valence electrons. The summed E-state index contributed by atoms with van der Waals surface area (Å²) in [6.45, 7) is 0. The number of nitrogens with zero attached hydrogens (tertiary/aromatic N) is 1. The normalized spacial score (nSPS) is 19.1. The second kappa shape index (κ2) is 8.40. The largest absolute Gasteiger partial charge is 0.493 e. The summed E-state index contributed by atoms with van der Waals surface area (Å²) >= 11 is 0. The Labute approximate surface area is 186 Å². The topological polar surface area (TPSA) is 116 Å². The Bertz CT molecular complexity index is 1220. The number of ether oxygens (including phenoxy) is 2. The lowest BCUT2D eigenvalue weighted by atomic mass is 9.76. The van der Waals surface area contributed by atoms with E-state index in [1.807, 2.05) is 12.1 Å². The van der Waals surface area contributed by atoms with E-state index >= 15 is 0 Å². The smallest absolute Gasteiger partial charge is 0.238 e. The molecule has 2 aliphatic rings. The number of nitrogens with two attached hydrogens (primary N) is 1. The Morgan fingerprint density at radius 3 is 2.34 bits per heavy atom. The molecule has 1 aliphatic carbocycles. The van der Waals surface area contributed by atoms with Gasteiger partial charge in [0.25, 0.3) is 0 Å². The van der Waals surface area contributed by atoms with Gasteiger partial charge in [0, 0.05) is 41.3 Å². The van der Waals surface area contributed by atoms with E-state index < -0.39 is 15.9 Å². The number of rotatable bonds is 5. The lowest BCUT2D eigenvalue weighted by molar-refractivity contribution is -0.119. The van der Waals surface area contributed by atoms with Crippen LogP contribution in [0.1, 0.15) is 37.2 Å². The molecule has 2 aromatic rings. The van der Waals surface area contributed by atoms with Gasteiger partial charge in [-0.3, -0.25) is 14.5 Å². The zero-order chi connectivity index (χ0) is 23.0. The van der Waals surface area contributed by atoms with Crippen LogP contribution in [0.15, 0.2) is 58.6 Å². The summed E-state index contributed by atoms with van der Waals surface area (Å²) in [5, 5.41) is 5.19. The fourth-order valence-electron chi connectivity index (χ4n) is 4.53. The Balaban J connectivity index is 1.85. The third-order valence-electron chi connectivity index (χ3n) is 5.91. The number of sulfonamides is 1. The molecule has 0 saturated heterocycles. The van der Waals surface area contributed by atoms with Crippen LogP contribution >= 0.6 is 0 Å². The molecule has 2 N–H and O–H groups in total. The number of allylic oxidation sites excluding steroid dienone is 2. The zero-order valence-corrected chi connectivity index (χ0v) is 18.6. The molecule has 1 atom stereocenters. The van der Waals surface area contributed by atoms with Crippen LogP contribution in [0.5, 0.6) is 11.5 Å². The predicted octanol–water partition coefficient (Wildman–Crippen LogP) is 2.88. The number of para-hydroxylation sites is 1. The summed E-state index contributed by atoms with van der Waals surface area (Å²) in [5.74, 6) is 0.402. The highest BCUT2D eigenvalue weighted by molar-refractivity contribution is 7.89. The highest BCUT2D eigenvalue weighted by Crippen LogP contribution is 2.47. The average molecular weight is 457 g/mol. The van der Waals surface area contributed by atoms with Crippen LogP contribution in [-0.4, -0.2) is 34.3 Å². The molecule has 32 heavy (non-hydrogen) atoms. The summed E-state index contributed by atoms with van der Waals surface area (Å²) in [7, 11) is -0.781. The van der Waals surface area contributed by atoms with Crippen molar-refractivity contribution in [1.29, 1.82) is 0 Å². The van der Waals surface area contributed by atoms with Crippen LogP contribution in [0.4, 0.5) is 5.69 Å². The fourth-order valence-corrected chi connectivity index (χ4v) is 5.04. The minimum Gasteiger partial charge on any atom is -0.493 e. The Morgan fingerprint density at radius 2 is 1.72 bits per heavy atom. The number of benzene rings is 2. The zero-order valence-electron chi connectivity index (χ0n) is 17.8. The van der Waals surface area contributed by atoms with Gasteiger partial charge in [-0.05, 0) is 43.2 Å². The van der Waals surface area contributed by atoms with E-state index in [-0.39, 0.29) is 23.0 Å². The van der Waals surface area contributed by atoms with Gasteiger partial charge in [0.2, 0.25) is 15.9 Å². The number of methoxy groups -OCH3 is 2. The van der Waals surface area contributed by atoms with Gasteiger partial charge in [-0.25, -0.2) is 13.6 Å². The van der Waals surface area contributed by atoms with Gasteiger partial charge in [-0.2, -0.15) is 0 Å². The van der Waals surface area contributed by atoms with E-state index in [9.17, 15) is 18.0 Å². The summed E-state index contributed by atoms with van der Waals surface area (Å²) in [6, 6.07) is 11.2. The first-order valence-corrected chi connectivity index (χ1v) is 11.7. The van der Waals surface area contributed by atoms with E-state index in [1.165, 1.54) is 43.4 Å². The summed E-state index contributed by atoms with van der Waals surface area (Å²) in [5.41, 5.74) is 2.47. The molecule has 0 saturated carbocycles. The number of carbonyl (C=O) groups excluding carboxylic acids is 2. The van der Waals surface area contributed by atoms with Crippen LogP contribution < -0.4 is 19.5 Å². The fraction of sp³-hybridized carbons (Fsp3) is 0.304. The first-order valence-electron chi connectivity index (χ1n) is 10.2. The highest BCUT2D eigenvalue weighted by Gasteiger charge is 2.41. The predicted molar refractivity (Wildman–Crippen MR) is 118 cm³/mol. The highest BCUT2D eigenvalue weighted by atomic mass is 32.2. The second-order valence-corrected chi connectivity index (χ2v) is 9.31. The Kier molecular flexibility index (Phi) is 5.79. The lowest BCUT2D eigenvalue weighted by Crippen LogP contribution is -2.40. The minimum atomic E-state index is -3.85. The van der Waals surface area contributed by atoms with Crippen molar-refractivity contribution in [2.75, 3.05) is 19.1 Å². The lowest BCUT2D eigenvalue weighted by Gasteiger charge is -2.38. The first-order chi connectivity index (χ1) is 15.3. The summed E-state index contributed by atoms with van der Waals surface area (Å²) < 4.78 is 34.2. The Hall–Kier alpha value is -3.17. The number of anilines is 1. The molecular weight excluding hydrogens is 432 g/mol. The van der Waals surface area contributed by atoms with Crippen LogP contribution in [0.3, 0.4) is 0 Å². The van der Waals surface area contributed by atoms with Crippen molar-refractivity contribution < 1.29 is 27.5 Å². The number of ketones is 1. The number of amides is 1. The molecule has 2 aromatic carbocycles.